The standard InChI is InChI=1S/C13H17N3O2/c1-14-10-11-2-4-12(5-3-11)18-9-8-16-7-6-15-13(16)17/h2-5,10H,6-9H2,1H3,(H,15,17). The zero-order valence-electron chi connectivity index (χ0n) is 10.4. The molecule has 0 radical (unpaired) electrons. The van der Waals surface area contributed by atoms with E-state index in [-0.39, 0.29) is 6.03 Å². The van der Waals surface area contributed by atoms with Crippen molar-refractivity contribution in [1.29, 1.82) is 0 Å². The number of carbonyl (C=O) groups excluding carboxylic acids is 1. The highest BCUT2D eigenvalue weighted by atomic mass is 16.5. The summed E-state index contributed by atoms with van der Waals surface area (Å²) < 4.78 is 5.58. The normalized spacial score (nSPS) is 15.2. The number of nitrogens with one attached hydrogen (secondary N) is 1. The lowest BCUT2D eigenvalue weighted by Crippen LogP contribution is -2.31. The number of hydrogen-bond acceptors (Lipinski definition) is 3. The van der Waals surface area contributed by atoms with Gasteiger partial charge in [0.05, 0.1) is 6.54 Å². The van der Waals surface area contributed by atoms with E-state index in [1.165, 1.54) is 0 Å². The van der Waals surface area contributed by atoms with Crippen LogP contribution in [-0.4, -0.2) is 50.4 Å². The molecule has 1 aromatic carbocycles. The molecule has 18 heavy (non-hydrogen) atoms. The minimum absolute atomic E-state index is 0.00638. The summed E-state index contributed by atoms with van der Waals surface area (Å²) in [7, 11) is 1.74. The first-order valence-electron chi connectivity index (χ1n) is 5.97. The first kappa shape index (κ1) is 12.4. The third-order valence-corrected chi connectivity index (χ3v) is 2.73. The van der Waals surface area contributed by atoms with Crippen LogP contribution in [0, 0.1) is 0 Å². The molecule has 1 heterocycles. The minimum atomic E-state index is -0.00638. The van der Waals surface area contributed by atoms with Crippen LogP contribution in [0.15, 0.2) is 29.3 Å². The van der Waals surface area contributed by atoms with Gasteiger partial charge in [-0.3, -0.25) is 4.99 Å². The monoisotopic (exact) mass is 247 g/mol. The second-order valence-corrected chi connectivity index (χ2v) is 4.02. The van der Waals surface area contributed by atoms with Crippen LogP contribution in [0.5, 0.6) is 5.75 Å². The van der Waals surface area contributed by atoms with Crippen molar-refractivity contribution in [2.75, 3.05) is 33.3 Å². The van der Waals surface area contributed by atoms with E-state index in [0.717, 1.165) is 24.4 Å². The summed E-state index contributed by atoms with van der Waals surface area (Å²) >= 11 is 0. The Morgan fingerprint density at radius 2 is 2.22 bits per heavy atom. The van der Waals surface area contributed by atoms with Gasteiger partial charge in [0.15, 0.2) is 0 Å². The van der Waals surface area contributed by atoms with E-state index >= 15 is 0 Å². The molecule has 0 aromatic heterocycles. The minimum Gasteiger partial charge on any atom is -0.492 e. The van der Waals surface area contributed by atoms with Crippen LogP contribution in [0.25, 0.3) is 0 Å². The molecule has 0 saturated carbocycles. The van der Waals surface area contributed by atoms with E-state index in [9.17, 15) is 4.79 Å². The third kappa shape index (κ3) is 3.23. The number of hydrogen-bond donors (Lipinski definition) is 1. The Kier molecular flexibility index (Phi) is 4.17. The lowest BCUT2D eigenvalue weighted by atomic mass is 10.2. The van der Waals surface area contributed by atoms with Crippen LogP contribution in [0.4, 0.5) is 4.79 Å². The maximum Gasteiger partial charge on any atom is 0.317 e. The molecular formula is C13H17N3O2. The van der Waals surface area contributed by atoms with Gasteiger partial charge in [-0.1, -0.05) is 0 Å². The first-order chi connectivity index (χ1) is 8.79. The number of ether oxygens (including phenoxy) is 1. The zero-order valence-corrected chi connectivity index (χ0v) is 10.4. The van der Waals surface area contributed by atoms with E-state index in [2.05, 4.69) is 10.3 Å². The molecule has 0 atom stereocenters. The Bertz CT molecular complexity index is 428. The molecule has 96 valence electrons. The molecule has 1 aliphatic heterocycles. The molecule has 1 aliphatic rings. The Morgan fingerprint density at radius 3 is 2.83 bits per heavy atom. The van der Waals surface area contributed by atoms with Crippen LogP contribution in [0.3, 0.4) is 0 Å². The SMILES string of the molecule is CN=Cc1ccc(OCCN2CCNC2=O)cc1. The predicted octanol–water partition coefficient (Wildman–Crippen LogP) is 1.14. The molecule has 0 unspecified atom stereocenters. The maximum atomic E-state index is 11.3. The Morgan fingerprint density at radius 1 is 1.44 bits per heavy atom. The van der Waals surface area contributed by atoms with Crippen LogP contribution >= 0.6 is 0 Å². The summed E-state index contributed by atoms with van der Waals surface area (Å²) in [6, 6.07) is 7.70. The molecule has 0 spiro atoms. The van der Waals surface area contributed by atoms with Gasteiger partial charge in [-0.05, 0) is 29.8 Å². The third-order valence-electron chi connectivity index (χ3n) is 2.73. The van der Waals surface area contributed by atoms with Crippen LogP contribution in [0.2, 0.25) is 0 Å². The molecule has 2 rings (SSSR count). The lowest BCUT2D eigenvalue weighted by Gasteiger charge is -2.14. The number of urea groups is 1. The van der Waals surface area contributed by atoms with E-state index in [4.69, 9.17) is 4.74 Å². The molecule has 1 saturated heterocycles. The number of benzene rings is 1. The Balaban J connectivity index is 1.77. The molecule has 0 aliphatic carbocycles. The van der Waals surface area contributed by atoms with Gasteiger partial charge in [-0.25, -0.2) is 4.79 Å². The average molecular weight is 247 g/mol. The highest BCUT2D eigenvalue weighted by molar-refractivity contribution is 5.79. The van der Waals surface area contributed by atoms with Gasteiger partial charge in [0, 0.05) is 26.4 Å². The second-order valence-electron chi connectivity index (χ2n) is 4.02. The average Bonchev–Trinajstić information content (AvgIpc) is 2.78. The zero-order chi connectivity index (χ0) is 12.8. The molecule has 2 amide bonds. The molecule has 1 N–H and O–H groups in total. The first-order valence-corrected chi connectivity index (χ1v) is 5.97. The largest absolute Gasteiger partial charge is 0.492 e. The van der Waals surface area contributed by atoms with Gasteiger partial charge in [0.1, 0.15) is 12.4 Å². The van der Waals surface area contributed by atoms with Crippen LogP contribution in [0.1, 0.15) is 5.56 Å². The molecule has 5 heteroatoms. The van der Waals surface area contributed by atoms with Crippen molar-refractivity contribution < 1.29 is 9.53 Å². The predicted molar refractivity (Wildman–Crippen MR) is 70.4 cm³/mol. The van der Waals surface area contributed by atoms with Gasteiger partial charge < -0.3 is 15.0 Å². The second kappa shape index (κ2) is 6.05. The maximum absolute atomic E-state index is 11.3. The summed E-state index contributed by atoms with van der Waals surface area (Å²) in [6.45, 7) is 2.61. The summed E-state index contributed by atoms with van der Waals surface area (Å²) in [4.78, 5) is 17.0. The summed E-state index contributed by atoms with van der Waals surface area (Å²) in [5.41, 5.74) is 1.05. The Hall–Kier alpha value is -2.04. The van der Waals surface area contributed by atoms with Gasteiger partial charge in [0.2, 0.25) is 0 Å². The van der Waals surface area contributed by atoms with Crippen molar-refractivity contribution in [3.63, 3.8) is 0 Å². The summed E-state index contributed by atoms with van der Waals surface area (Å²) in [5.74, 6) is 0.808. The van der Waals surface area contributed by atoms with E-state index < -0.39 is 0 Å². The molecule has 0 bridgehead atoms. The number of nitrogens with zero attached hydrogens (tertiary/aromatic N) is 2. The number of carbonyl (C=O) groups is 1. The van der Waals surface area contributed by atoms with Crippen molar-refractivity contribution in [3.8, 4) is 5.75 Å². The number of aliphatic imine (C=N–C) groups is 1. The summed E-state index contributed by atoms with van der Waals surface area (Å²) in [6.07, 6.45) is 1.79. The number of rotatable bonds is 5. The van der Waals surface area contributed by atoms with Gasteiger partial charge in [-0.2, -0.15) is 0 Å². The van der Waals surface area contributed by atoms with Crippen molar-refractivity contribution in [2.45, 2.75) is 0 Å². The van der Waals surface area contributed by atoms with E-state index in [1.807, 2.05) is 24.3 Å². The topological polar surface area (TPSA) is 53.9 Å². The van der Waals surface area contributed by atoms with E-state index in [0.29, 0.717) is 13.2 Å². The van der Waals surface area contributed by atoms with Crippen molar-refractivity contribution in [3.05, 3.63) is 29.8 Å². The van der Waals surface area contributed by atoms with Gasteiger partial charge in [-0.15, -0.1) is 0 Å². The fraction of sp³-hybridized carbons (Fsp3) is 0.385. The molecule has 1 fully saturated rings. The number of amides is 2. The van der Waals surface area contributed by atoms with Gasteiger partial charge >= 0.3 is 6.03 Å². The molecule has 5 nitrogen and oxygen atoms in total. The van der Waals surface area contributed by atoms with E-state index in [1.54, 1.807) is 18.2 Å². The highest BCUT2D eigenvalue weighted by Gasteiger charge is 2.18. The summed E-state index contributed by atoms with van der Waals surface area (Å²) in [5, 5.41) is 2.76. The lowest BCUT2D eigenvalue weighted by molar-refractivity contribution is 0.202. The fourth-order valence-electron chi connectivity index (χ4n) is 1.80. The van der Waals surface area contributed by atoms with Crippen molar-refractivity contribution in [2.24, 2.45) is 4.99 Å². The highest BCUT2D eigenvalue weighted by Crippen LogP contribution is 2.11. The van der Waals surface area contributed by atoms with Crippen LogP contribution < -0.4 is 10.1 Å². The fourth-order valence-corrected chi connectivity index (χ4v) is 1.80. The smallest absolute Gasteiger partial charge is 0.317 e. The quantitative estimate of drug-likeness (QED) is 0.793. The molecular weight excluding hydrogens is 230 g/mol. The van der Waals surface area contributed by atoms with Crippen molar-refractivity contribution in [1.82, 2.24) is 10.2 Å². The van der Waals surface area contributed by atoms with Crippen LogP contribution in [-0.2, 0) is 0 Å². The van der Waals surface area contributed by atoms with Crippen molar-refractivity contribution >= 4 is 12.2 Å². The molecule has 1 aromatic rings. The van der Waals surface area contributed by atoms with Gasteiger partial charge in [0.25, 0.3) is 0 Å². The Labute approximate surface area is 106 Å².